The summed E-state index contributed by atoms with van der Waals surface area (Å²) in [4.78, 5) is 13.7. The van der Waals surface area contributed by atoms with Crippen LogP contribution in [-0.2, 0) is 15.2 Å². The maximum atomic E-state index is 11.3. The molecular formula is C16H23N3O3. The van der Waals surface area contributed by atoms with Crippen molar-refractivity contribution in [1.82, 2.24) is 4.90 Å². The predicted molar refractivity (Wildman–Crippen MR) is 83.5 cm³/mol. The van der Waals surface area contributed by atoms with Gasteiger partial charge in [-0.3, -0.25) is 4.90 Å². The Morgan fingerprint density at radius 1 is 1.18 bits per heavy atom. The van der Waals surface area contributed by atoms with Gasteiger partial charge in [0.2, 0.25) is 0 Å². The number of primary amides is 1. The minimum Gasteiger partial charge on any atom is -0.379 e. The molecule has 0 spiro atoms. The third-order valence-corrected chi connectivity index (χ3v) is 4.38. The van der Waals surface area contributed by atoms with Crippen molar-refractivity contribution >= 4 is 11.7 Å². The van der Waals surface area contributed by atoms with Gasteiger partial charge in [0.05, 0.1) is 13.2 Å². The molecule has 1 aromatic carbocycles. The van der Waals surface area contributed by atoms with Crippen LogP contribution in [-0.4, -0.2) is 43.8 Å². The van der Waals surface area contributed by atoms with Crippen molar-refractivity contribution < 1.29 is 14.3 Å². The molecule has 0 aliphatic carbocycles. The Labute approximate surface area is 130 Å². The maximum Gasteiger partial charge on any atom is 0.316 e. The van der Waals surface area contributed by atoms with E-state index in [1.54, 1.807) is 0 Å². The molecule has 1 aromatic rings. The van der Waals surface area contributed by atoms with E-state index in [1.807, 2.05) is 24.3 Å². The molecule has 3 N–H and O–H groups in total. The second-order valence-electron chi connectivity index (χ2n) is 5.72. The molecule has 2 heterocycles. The summed E-state index contributed by atoms with van der Waals surface area (Å²) in [6, 6.07) is 7.21. The number of para-hydroxylation sites is 1. The molecule has 3 rings (SSSR count). The van der Waals surface area contributed by atoms with Crippen LogP contribution in [0, 0.1) is 0 Å². The van der Waals surface area contributed by atoms with Crippen LogP contribution in [0.5, 0.6) is 0 Å². The van der Waals surface area contributed by atoms with Crippen LogP contribution in [0.25, 0.3) is 0 Å². The van der Waals surface area contributed by atoms with E-state index >= 15 is 0 Å². The van der Waals surface area contributed by atoms with Crippen molar-refractivity contribution in [2.24, 2.45) is 5.73 Å². The van der Waals surface area contributed by atoms with Crippen molar-refractivity contribution in [3.8, 4) is 0 Å². The van der Waals surface area contributed by atoms with E-state index in [0.717, 1.165) is 50.2 Å². The number of anilines is 1. The number of nitrogens with two attached hydrogens (primary N) is 1. The Hall–Kier alpha value is -1.63. The van der Waals surface area contributed by atoms with E-state index in [1.165, 1.54) is 0 Å². The minimum atomic E-state index is -0.555. The van der Waals surface area contributed by atoms with Gasteiger partial charge in [0, 0.05) is 30.9 Å². The number of rotatable bonds is 3. The molecule has 1 atom stereocenters. The highest BCUT2D eigenvalue weighted by Crippen LogP contribution is 2.42. The lowest BCUT2D eigenvalue weighted by molar-refractivity contribution is -0.205. The van der Waals surface area contributed by atoms with Crippen molar-refractivity contribution in [1.29, 1.82) is 0 Å². The van der Waals surface area contributed by atoms with Crippen molar-refractivity contribution in [2.45, 2.75) is 25.0 Å². The van der Waals surface area contributed by atoms with Gasteiger partial charge in [0.1, 0.15) is 5.72 Å². The summed E-state index contributed by atoms with van der Waals surface area (Å²) in [7, 11) is 0. The van der Waals surface area contributed by atoms with Gasteiger partial charge < -0.3 is 20.5 Å². The number of hydrogen-bond acceptors (Lipinski definition) is 4. The first-order chi connectivity index (χ1) is 10.7. The average molecular weight is 305 g/mol. The molecule has 0 radical (unpaired) electrons. The first-order valence-corrected chi connectivity index (χ1v) is 7.85. The normalized spacial score (nSPS) is 26.5. The Morgan fingerprint density at radius 3 is 2.64 bits per heavy atom. The van der Waals surface area contributed by atoms with E-state index in [-0.39, 0.29) is 0 Å². The smallest absolute Gasteiger partial charge is 0.316 e. The van der Waals surface area contributed by atoms with Crippen LogP contribution in [0.15, 0.2) is 24.3 Å². The molecular weight excluding hydrogens is 282 g/mol. The number of amides is 2. The molecule has 1 unspecified atom stereocenters. The van der Waals surface area contributed by atoms with Gasteiger partial charge in [-0.2, -0.15) is 0 Å². The van der Waals surface area contributed by atoms with Crippen LogP contribution in [0.4, 0.5) is 10.5 Å². The lowest BCUT2D eigenvalue weighted by atomic mass is 9.90. The molecule has 22 heavy (non-hydrogen) atoms. The average Bonchev–Trinajstić information content (AvgIpc) is 2.56. The number of urea groups is 1. The van der Waals surface area contributed by atoms with Gasteiger partial charge in [0.15, 0.2) is 0 Å². The summed E-state index contributed by atoms with van der Waals surface area (Å²) >= 11 is 0. The summed E-state index contributed by atoms with van der Waals surface area (Å²) in [5.41, 5.74) is 6.53. The number of ether oxygens (including phenoxy) is 2. The number of nitrogens with one attached hydrogen (secondary N) is 1. The molecule has 120 valence electrons. The summed E-state index contributed by atoms with van der Waals surface area (Å²) < 4.78 is 11.8. The lowest BCUT2D eigenvalue weighted by Gasteiger charge is -2.48. The zero-order valence-corrected chi connectivity index (χ0v) is 12.7. The van der Waals surface area contributed by atoms with Crippen LogP contribution in [0.1, 0.15) is 24.8 Å². The molecule has 0 aromatic heterocycles. The van der Waals surface area contributed by atoms with Crippen molar-refractivity contribution in [2.75, 3.05) is 38.2 Å². The molecule has 2 aliphatic heterocycles. The fourth-order valence-electron chi connectivity index (χ4n) is 3.40. The Kier molecular flexibility index (Phi) is 4.61. The van der Waals surface area contributed by atoms with Crippen LogP contribution in [0.3, 0.4) is 0 Å². The van der Waals surface area contributed by atoms with Gasteiger partial charge in [-0.15, -0.1) is 0 Å². The van der Waals surface area contributed by atoms with Crippen LogP contribution in [0.2, 0.25) is 0 Å². The highest BCUT2D eigenvalue weighted by molar-refractivity contribution is 5.88. The highest BCUT2D eigenvalue weighted by Gasteiger charge is 2.43. The van der Waals surface area contributed by atoms with E-state index < -0.39 is 11.8 Å². The van der Waals surface area contributed by atoms with E-state index in [4.69, 9.17) is 15.2 Å². The highest BCUT2D eigenvalue weighted by atomic mass is 16.5. The van der Waals surface area contributed by atoms with Crippen LogP contribution < -0.4 is 11.1 Å². The molecule has 0 bridgehead atoms. The molecule has 6 heteroatoms. The van der Waals surface area contributed by atoms with Gasteiger partial charge in [-0.1, -0.05) is 18.2 Å². The summed E-state index contributed by atoms with van der Waals surface area (Å²) in [5.74, 6) is 0. The summed E-state index contributed by atoms with van der Waals surface area (Å²) in [6.45, 7) is 3.78. The second kappa shape index (κ2) is 6.64. The molecule has 2 amide bonds. The first kappa shape index (κ1) is 15.3. The molecule has 2 fully saturated rings. The van der Waals surface area contributed by atoms with Gasteiger partial charge in [-0.25, -0.2) is 4.79 Å². The molecule has 2 aliphatic rings. The van der Waals surface area contributed by atoms with Crippen LogP contribution >= 0.6 is 0 Å². The zero-order chi connectivity index (χ0) is 15.4. The van der Waals surface area contributed by atoms with Crippen molar-refractivity contribution in [3.05, 3.63) is 29.8 Å². The minimum absolute atomic E-state index is 0.499. The quantitative estimate of drug-likeness (QED) is 0.893. The maximum absolute atomic E-state index is 11.3. The number of carbonyl (C=O) groups is 1. The Morgan fingerprint density at radius 2 is 1.95 bits per heavy atom. The van der Waals surface area contributed by atoms with Gasteiger partial charge in [-0.05, 0) is 25.3 Å². The third kappa shape index (κ3) is 2.95. The SMILES string of the molecule is NC(=O)Nc1ccccc1C1(N2CCOCC2)CCCCO1. The standard InChI is InChI=1S/C16H23N3O3/c17-15(20)18-14-6-2-1-5-13(14)16(7-3-4-10-22-16)19-8-11-21-12-9-19/h1-2,5-6H,3-4,7-12H2,(H3,17,18,20). The molecule has 6 nitrogen and oxygen atoms in total. The number of carbonyl (C=O) groups excluding carboxylic acids is 1. The van der Waals surface area contributed by atoms with Gasteiger partial charge >= 0.3 is 6.03 Å². The van der Waals surface area contributed by atoms with E-state index in [2.05, 4.69) is 10.2 Å². The fourth-order valence-corrected chi connectivity index (χ4v) is 3.40. The van der Waals surface area contributed by atoms with Crippen molar-refractivity contribution in [3.63, 3.8) is 0 Å². The predicted octanol–water partition coefficient (Wildman–Crippen LogP) is 1.86. The number of hydrogen-bond donors (Lipinski definition) is 2. The first-order valence-electron chi connectivity index (χ1n) is 7.85. The number of morpholine rings is 1. The third-order valence-electron chi connectivity index (χ3n) is 4.38. The summed E-state index contributed by atoms with van der Waals surface area (Å²) in [5, 5.41) is 2.74. The Balaban J connectivity index is 2.00. The molecule has 2 saturated heterocycles. The van der Waals surface area contributed by atoms with E-state index in [0.29, 0.717) is 13.2 Å². The zero-order valence-electron chi connectivity index (χ0n) is 12.7. The number of nitrogens with zero attached hydrogens (tertiary/aromatic N) is 1. The summed E-state index contributed by atoms with van der Waals surface area (Å²) in [6.07, 6.45) is 3.07. The Bertz CT molecular complexity index is 523. The monoisotopic (exact) mass is 305 g/mol. The van der Waals surface area contributed by atoms with E-state index in [9.17, 15) is 4.79 Å². The lowest BCUT2D eigenvalue weighted by Crippen LogP contribution is -2.54. The largest absolute Gasteiger partial charge is 0.379 e. The number of benzene rings is 1. The van der Waals surface area contributed by atoms with Gasteiger partial charge in [0.25, 0.3) is 0 Å². The fraction of sp³-hybridized carbons (Fsp3) is 0.562. The topological polar surface area (TPSA) is 76.8 Å². The second-order valence-corrected chi connectivity index (χ2v) is 5.72. The molecule has 0 saturated carbocycles.